The summed E-state index contributed by atoms with van der Waals surface area (Å²) in [6.45, 7) is 3.98. The molecule has 1 N–H and O–H groups in total. The lowest BCUT2D eigenvalue weighted by atomic mass is 10.1. The summed E-state index contributed by atoms with van der Waals surface area (Å²) in [4.78, 5) is 2.49. The molecule has 0 saturated carbocycles. The van der Waals surface area contributed by atoms with Crippen LogP contribution in [0.1, 0.15) is 24.0 Å². The van der Waals surface area contributed by atoms with E-state index in [4.69, 9.17) is 0 Å². The zero-order valence-corrected chi connectivity index (χ0v) is 12.2. The molecule has 0 unspecified atom stereocenters. The molecule has 0 spiro atoms. The van der Waals surface area contributed by atoms with E-state index in [9.17, 15) is 4.39 Å². The molecule has 0 aromatic heterocycles. The van der Waals surface area contributed by atoms with Gasteiger partial charge in [-0.2, -0.15) is 0 Å². The quantitative estimate of drug-likeness (QED) is 0.891. The summed E-state index contributed by atoms with van der Waals surface area (Å²) >= 11 is 0. The highest BCUT2D eigenvalue weighted by molar-refractivity contribution is 5.45. The second kappa shape index (κ2) is 6.72. The van der Waals surface area contributed by atoms with Crippen LogP contribution in [-0.2, 0) is 13.1 Å². The van der Waals surface area contributed by atoms with E-state index in [1.165, 1.54) is 37.6 Å². The minimum Gasteiger partial charge on any atom is -0.381 e. The monoisotopic (exact) mass is 284 g/mol. The second-order valence-electron chi connectivity index (χ2n) is 5.63. The number of benzene rings is 2. The average Bonchev–Trinajstić information content (AvgIpc) is 3.01. The van der Waals surface area contributed by atoms with E-state index in [2.05, 4.69) is 34.5 Å². The molecule has 110 valence electrons. The van der Waals surface area contributed by atoms with E-state index in [1.54, 1.807) is 6.07 Å². The van der Waals surface area contributed by atoms with Crippen LogP contribution in [0.2, 0.25) is 0 Å². The summed E-state index contributed by atoms with van der Waals surface area (Å²) in [5, 5.41) is 3.27. The maximum absolute atomic E-state index is 13.5. The first-order valence-corrected chi connectivity index (χ1v) is 7.60. The van der Waals surface area contributed by atoms with Gasteiger partial charge in [0.2, 0.25) is 0 Å². The van der Waals surface area contributed by atoms with Crippen LogP contribution in [0.15, 0.2) is 48.5 Å². The number of hydrogen-bond acceptors (Lipinski definition) is 2. The molecule has 21 heavy (non-hydrogen) atoms. The third-order valence-electron chi connectivity index (χ3n) is 4.00. The van der Waals surface area contributed by atoms with Gasteiger partial charge in [-0.25, -0.2) is 4.39 Å². The molecule has 0 radical (unpaired) electrons. The summed E-state index contributed by atoms with van der Waals surface area (Å²) in [6, 6.07) is 15.3. The summed E-state index contributed by atoms with van der Waals surface area (Å²) in [6.07, 6.45) is 2.64. The number of rotatable bonds is 5. The number of nitrogens with one attached hydrogen (secondary N) is 1. The van der Waals surface area contributed by atoms with Gasteiger partial charge in [-0.05, 0) is 49.7 Å². The van der Waals surface area contributed by atoms with Crippen molar-refractivity contribution in [2.24, 2.45) is 0 Å². The van der Waals surface area contributed by atoms with Crippen molar-refractivity contribution in [2.45, 2.75) is 25.9 Å². The van der Waals surface area contributed by atoms with E-state index in [0.717, 1.165) is 12.2 Å². The van der Waals surface area contributed by atoms with E-state index in [0.29, 0.717) is 12.1 Å². The zero-order chi connectivity index (χ0) is 14.5. The van der Waals surface area contributed by atoms with E-state index in [1.807, 2.05) is 12.1 Å². The van der Waals surface area contributed by atoms with Crippen LogP contribution in [0.3, 0.4) is 0 Å². The van der Waals surface area contributed by atoms with Gasteiger partial charge < -0.3 is 5.32 Å². The van der Waals surface area contributed by atoms with E-state index >= 15 is 0 Å². The fraction of sp³-hybridized carbons (Fsp3) is 0.333. The van der Waals surface area contributed by atoms with Crippen LogP contribution >= 0.6 is 0 Å². The third kappa shape index (κ3) is 3.82. The van der Waals surface area contributed by atoms with Gasteiger partial charge >= 0.3 is 0 Å². The lowest BCUT2D eigenvalue weighted by Gasteiger charge is -2.15. The fourth-order valence-corrected chi connectivity index (χ4v) is 2.77. The molecule has 2 aromatic carbocycles. The predicted molar refractivity (Wildman–Crippen MR) is 84.7 cm³/mol. The summed E-state index contributed by atoms with van der Waals surface area (Å²) < 4.78 is 13.5. The maximum Gasteiger partial charge on any atom is 0.128 e. The van der Waals surface area contributed by atoms with Crippen LogP contribution in [0.4, 0.5) is 10.1 Å². The molecule has 0 amide bonds. The first-order chi connectivity index (χ1) is 10.3. The van der Waals surface area contributed by atoms with Crippen LogP contribution in [0.5, 0.6) is 0 Å². The van der Waals surface area contributed by atoms with Crippen LogP contribution < -0.4 is 5.32 Å². The minimum atomic E-state index is -0.157. The number of hydrogen-bond donors (Lipinski definition) is 1. The Kier molecular flexibility index (Phi) is 4.51. The van der Waals surface area contributed by atoms with Crippen LogP contribution in [0.25, 0.3) is 0 Å². The SMILES string of the molecule is Fc1ccccc1CNc1ccc(CN2CCCC2)cc1. The van der Waals surface area contributed by atoms with Crippen LogP contribution in [0, 0.1) is 5.82 Å². The highest BCUT2D eigenvalue weighted by atomic mass is 19.1. The molecule has 0 aliphatic carbocycles. The lowest BCUT2D eigenvalue weighted by Crippen LogP contribution is -2.18. The van der Waals surface area contributed by atoms with E-state index in [-0.39, 0.29) is 5.82 Å². The molecule has 1 aliphatic heterocycles. The second-order valence-corrected chi connectivity index (χ2v) is 5.63. The molecule has 3 rings (SSSR count). The van der Waals surface area contributed by atoms with Gasteiger partial charge in [0.25, 0.3) is 0 Å². The maximum atomic E-state index is 13.5. The largest absolute Gasteiger partial charge is 0.381 e. The number of anilines is 1. The number of nitrogens with zero attached hydrogens (tertiary/aromatic N) is 1. The molecule has 1 fully saturated rings. The van der Waals surface area contributed by atoms with Gasteiger partial charge in [-0.3, -0.25) is 4.90 Å². The Morgan fingerprint density at radius 3 is 2.38 bits per heavy atom. The molecule has 2 nitrogen and oxygen atoms in total. The van der Waals surface area contributed by atoms with Gasteiger partial charge in [0.05, 0.1) is 0 Å². The van der Waals surface area contributed by atoms with Gasteiger partial charge in [0, 0.05) is 24.3 Å². The summed E-state index contributed by atoms with van der Waals surface area (Å²) in [5.74, 6) is -0.157. The molecule has 3 heteroatoms. The van der Waals surface area contributed by atoms with Gasteiger partial charge in [-0.1, -0.05) is 30.3 Å². The molecule has 1 aliphatic rings. The van der Waals surface area contributed by atoms with Crippen molar-refractivity contribution in [1.29, 1.82) is 0 Å². The Morgan fingerprint density at radius 2 is 1.67 bits per heavy atom. The highest BCUT2D eigenvalue weighted by Gasteiger charge is 2.11. The topological polar surface area (TPSA) is 15.3 Å². The summed E-state index contributed by atoms with van der Waals surface area (Å²) in [7, 11) is 0. The Balaban J connectivity index is 1.55. The van der Waals surface area contributed by atoms with Crippen molar-refractivity contribution >= 4 is 5.69 Å². The van der Waals surface area contributed by atoms with Crippen molar-refractivity contribution in [3.05, 3.63) is 65.5 Å². The fourth-order valence-electron chi connectivity index (χ4n) is 2.77. The molecular formula is C18H21FN2. The van der Waals surface area contributed by atoms with E-state index < -0.39 is 0 Å². The van der Waals surface area contributed by atoms with Crippen molar-refractivity contribution in [2.75, 3.05) is 18.4 Å². The van der Waals surface area contributed by atoms with Crippen molar-refractivity contribution in [1.82, 2.24) is 4.90 Å². The molecular weight excluding hydrogens is 263 g/mol. The number of likely N-dealkylation sites (tertiary alicyclic amines) is 1. The van der Waals surface area contributed by atoms with Crippen LogP contribution in [-0.4, -0.2) is 18.0 Å². The van der Waals surface area contributed by atoms with Crippen molar-refractivity contribution in [3.8, 4) is 0 Å². The predicted octanol–water partition coefficient (Wildman–Crippen LogP) is 4.03. The molecule has 0 atom stereocenters. The minimum absolute atomic E-state index is 0.157. The first-order valence-electron chi connectivity index (χ1n) is 7.60. The smallest absolute Gasteiger partial charge is 0.128 e. The molecule has 2 aromatic rings. The zero-order valence-electron chi connectivity index (χ0n) is 12.2. The summed E-state index contributed by atoms with van der Waals surface area (Å²) in [5.41, 5.74) is 3.07. The highest BCUT2D eigenvalue weighted by Crippen LogP contribution is 2.16. The van der Waals surface area contributed by atoms with Crippen molar-refractivity contribution < 1.29 is 4.39 Å². The Bertz CT molecular complexity index is 574. The molecule has 1 heterocycles. The molecule has 0 bridgehead atoms. The molecule has 1 saturated heterocycles. The Labute approximate surface area is 125 Å². The first kappa shape index (κ1) is 14.1. The standard InChI is InChI=1S/C18H21FN2/c19-18-6-2-1-5-16(18)13-20-17-9-7-15(8-10-17)14-21-11-3-4-12-21/h1-2,5-10,20H,3-4,11-14H2. The Hall–Kier alpha value is -1.87. The van der Waals surface area contributed by atoms with Gasteiger partial charge in [-0.15, -0.1) is 0 Å². The van der Waals surface area contributed by atoms with Gasteiger partial charge in [0.15, 0.2) is 0 Å². The normalized spacial score (nSPS) is 15.3. The van der Waals surface area contributed by atoms with Crippen molar-refractivity contribution in [3.63, 3.8) is 0 Å². The lowest BCUT2D eigenvalue weighted by molar-refractivity contribution is 0.331. The van der Waals surface area contributed by atoms with Gasteiger partial charge in [0.1, 0.15) is 5.82 Å². The number of halogens is 1. The average molecular weight is 284 g/mol. The third-order valence-corrected chi connectivity index (χ3v) is 4.00. The Morgan fingerprint density at radius 1 is 0.952 bits per heavy atom.